The monoisotopic (exact) mass is 467 g/mol. The number of nitrogens with two attached hydrogens (primary N) is 1. The van der Waals surface area contributed by atoms with Crippen molar-refractivity contribution in [2.75, 3.05) is 37.5 Å². The van der Waals surface area contributed by atoms with Crippen LogP contribution in [0.1, 0.15) is 50.3 Å². The minimum atomic E-state index is -0.162. The van der Waals surface area contributed by atoms with Crippen LogP contribution in [0.25, 0.3) is 10.9 Å². The summed E-state index contributed by atoms with van der Waals surface area (Å²) in [6.45, 7) is 5.20. The third-order valence-electron chi connectivity index (χ3n) is 6.90. The van der Waals surface area contributed by atoms with Gasteiger partial charge in [-0.3, -0.25) is 9.98 Å². The molecule has 0 amide bonds. The highest BCUT2D eigenvalue weighted by Gasteiger charge is 2.45. The van der Waals surface area contributed by atoms with Crippen molar-refractivity contribution >= 4 is 34.2 Å². The van der Waals surface area contributed by atoms with Crippen LogP contribution in [0.2, 0.25) is 0 Å². The molecule has 3 aliphatic rings. The van der Waals surface area contributed by atoms with Crippen LogP contribution >= 0.6 is 11.8 Å². The highest BCUT2D eigenvalue weighted by molar-refractivity contribution is 7.99. The first kappa shape index (κ1) is 22.6. The zero-order valence-corrected chi connectivity index (χ0v) is 20.3. The molecule has 2 aliphatic heterocycles. The van der Waals surface area contributed by atoms with E-state index in [1.807, 2.05) is 24.0 Å². The van der Waals surface area contributed by atoms with E-state index in [1.165, 1.54) is 24.6 Å². The SMILES string of the molecule is CSC1(c2cc(N3CCOCC3C)nc3c(C(C=CN)=NC4CCCCO4)nccc23)CC1. The highest BCUT2D eigenvalue weighted by Crippen LogP contribution is 2.58. The number of morpholine rings is 1. The quantitative estimate of drug-likeness (QED) is 0.643. The fourth-order valence-electron chi connectivity index (χ4n) is 4.87. The minimum Gasteiger partial charge on any atom is -0.405 e. The van der Waals surface area contributed by atoms with Crippen molar-refractivity contribution in [2.24, 2.45) is 10.7 Å². The average Bonchev–Trinajstić information content (AvgIpc) is 3.65. The van der Waals surface area contributed by atoms with Crippen LogP contribution in [-0.4, -0.2) is 60.6 Å². The van der Waals surface area contributed by atoms with Crippen LogP contribution in [-0.2, 0) is 14.2 Å². The molecule has 0 bridgehead atoms. The Morgan fingerprint density at radius 2 is 2.21 bits per heavy atom. The first-order valence-electron chi connectivity index (χ1n) is 11.9. The first-order valence-corrected chi connectivity index (χ1v) is 13.2. The Morgan fingerprint density at radius 3 is 2.91 bits per heavy atom. The van der Waals surface area contributed by atoms with Gasteiger partial charge in [-0.1, -0.05) is 0 Å². The van der Waals surface area contributed by atoms with Crippen molar-refractivity contribution in [3.05, 3.63) is 41.9 Å². The molecule has 0 spiro atoms. The van der Waals surface area contributed by atoms with Gasteiger partial charge in [0.25, 0.3) is 0 Å². The number of thioether (sulfide) groups is 1. The van der Waals surface area contributed by atoms with Crippen molar-refractivity contribution < 1.29 is 9.47 Å². The zero-order chi connectivity index (χ0) is 22.8. The number of aliphatic imine (C=N–C) groups is 1. The number of fused-ring (bicyclic) bond motifs is 1. The van der Waals surface area contributed by atoms with Crippen molar-refractivity contribution in [3.8, 4) is 0 Å². The fourth-order valence-corrected chi connectivity index (χ4v) is 5.77. The molecule has 7 nitrogen and oxygen atoms in total. The van der Waals surface area contributed by atoms with Crippen molar-refractivity contribution in [2.45, 2.75) is 56.0 Å². The molecule has 1 aliphatic carbocycles. The van der Waals surface area contributed by atoms with Gasteiger partial charge in [-0.05, 0) is 75.3 Å². The third-order valence-corrected chi connectivity index (χ3v) is 8.31. The number of rotatable bonds is 6. The van der Waals surface area contributed by atoms with Gasteiger partial charge in [0, 0.05) is 29.5 Å². The van der Waals surface area contributed by atoms with E-state index in [4.69, 9.17) is 30.2 Å². The highest BCUT2D eigenvalue weighted by atomic mass is 32.2. The van der Waals surface area contributed by atoms with E-state index < -0.39 is 0 Å². The van der Waals surface area contributed by atoms with Gasteiger partial charge < -0.3 is 20.1 Å². The third kappa shape index (κ3) is 4.48. The van der Waals surface area contributed by atoms with Gasteiger partial charge in [0.05, 0.1) is 25.0 Å². The number of nitrogens with zero attached hydrogens (tertiary/aromatic N) is 4. The Bertz CT molecular complexity index is 1060. The number of pyridine rings is 2. The van der Waals surface area contributed by atoms with Gasteiger partial charge in [-0.25, -0.2) is 4.98 Å². The minimum absolute atomic E-state index is 0.150. The molecule has 2 atom stereocenters. The van der Waals surface area contributed by atoms with Gasteiger partial charge in [0.2, 0.25) is 0 Å². The number of aromatic nitrogens is 2. The molecule has 33 heavy (non-hydrogen) atoms. The molecular weight excluding hydrogens is 434 g/mol. The molecule has 2 aromatic heterocycles. The van der Waals surface area contributed by atoms with Gasteiger partial charge in [-0.15, -0.1) is 0 Å². The Balaban J connectivity index is 1.68. The van der Waals surface area contributed by atoms with E-state index in [1.54, 1.807) is 0 Å². The Hall–Kier alpha value is -2.16. The molecule has 2 N–H and O–H groups in total. The molecular formula is C25H33N5O2S. The van der Waals surface area contributed by atoms with Crippen molar-refractivity contribution in [1.82, 2.24) is 9.97 Å². The lowest BCUT2D eigenvalue weighted by atomic mass is 10.0. The summed E-state index contributed by atoms with van der Waals surface area (Å²) in [5.74, 6) is 0.993. The summed E-state index contributed by atoms with van der Waals surface area (Å²) in [6, 6.07) is 4.68. The number of hydrogen-bond donors (Lipinski definition) is 1. The standard InChI is InChI=1S/C25H33N5O2S/c1-17-16-31-14-12-30(17)21-15-19(25(33-2)8-9-25)18-7-11-27-24(23(18)29-21)20(6-10-26)28-22-5-3-4-13-32-22/h6-7,10-11,15,17,22H,3-5,8-9,12-14,16,26H2,1-2H3. The van der Waals surface area contributed by atoms with Crippen LogP contribution in [0.15, 0.2) is 35.6 Å². The maximum atomic E-state index is 5.89. The smallest absolute Gasteiger partial charge is 0.149 e. The van der Waals surface area contributed by atoms with E-state index >= 15 is 0 Å². The summed E-state index contributed by atoms with van der Waals surface area (Å²) in [5, 5.41) is 1.15. The molecule has 4 heterocycles. The molecule has 8 heteroatoms. The van der Waals surface area contributed by atoms with E-state index in [9.17, 15) is 0 Å². The van der Waals surface area contributed by atoms with E-state index in [2.05, 4.69) is 30.2 Å². The normalized spacial score (nSPS) is 25.6. The number of allylic oxidation sites excluding steroid dienone is 1. The predicted molar refractivity (Wildman–Crippen MR) is 135 cm³/mol. The summed E-state index contributed by atoms with van der Waals surface area (Å²) in [7, 11) is 0. The number of anilines is 1. The second-order valence-corrected chi connectivity index (χ2v) is 10.3. The molecule has 5 rings (SSSR count). The Labute approximate surface area is 199 Å². The molecule has 0 aromatic carbocycles. The van der Waals surface area contributed by atoms with Gasteiger partial charge in [0.1, 0.15) is 23.3 Å². The largest absolute Gasteiger partial charge is 0.405 e. The fraction of sp³-hybridized carbons (Fsp3) is 0.560. The maximum absolute atomic E-state index is 5.89. The summed E-state index contributed by atoms with van der Waals surface area (Å²) >= 11 is 1.94. The molecule has 1 saturated carbocycles. The van der Waals surface area contributed by atoms with Crippen molar-refractivity contribution in [3.63, 3.8) is 0 Å². The topological polar surface area (TPSA) is 85.9 Å². The van der Waals surface area contributed by atoms with Crippen LogP contribution in [0, 0.1) is 0 Å². The molecule has 2 aromatic rings. The number of hydrogen-bond acceptors (Lipinski definition) is 8. The van der Waals surface area contributed by atoms with Crippen LogP contribution in [0.5, 0.6) is 0 Å². The van der Waals surface area contributed by atoms with Gasteiger partial charge in [0.15, 0.2) is 0 Å². The molecule has 2 unspecified atom stereocenters. The predicted octanol–water partition coefficient (Wildman–Crippen LogP) is 4.00. The summed E-state index contributed by atoms with van der Waals surface area (Å²) in [4.78, 5) is 17.2. The van der Waals surface area contributed by atoms with E-state index in [0.717, 1.165) is 60.5 Å². The summed E-state index contributed by atoms with van der Waals surface area (Å²) in [5.41, 5.74) is 9.57. The Morgan fingerprint density at radius 1 is 1.33 bits per heavy atom. The lowest BCUT2D eigenvalue weighted by Gasteiger charge is -2.35. The average molecular weight is 468 g/mol. The van der Waals surface area contributed by atoms with E-state index in [0.29, 0.717) is 13.2 Å². The summed E-state index contributed by atoms with van der Waals surface area (Å²) in [6.07, 6.45) is 12.8. The maximum Gasteiger partial charge on any atom is 0.149 e. The van der Waals surface area contributed by atoms with Gasteiger partial charge >= 0.3 is 0 Å². The van der Waals surface area contributed by atoms with Crippen LogP contribution in [0.3, 0.4) is 0 Å². The second kappa shape index (κ2) is 9.60. The second-order valence-electron chi connectivity index (χ2n) is 9.09. The number of ether oxygens (including phenoxy) is 2. The summed E-state index contributed by atoms with van der Waals surface area (Å²) < 4.78 is 11.7. The zero-order valence-electron chi connectivity index (χ0n) is 19.5. The Kier molecular flexibility index (Phi) is 6.58. The molecule has 3 fully saturated rings. The molecule has 0 radical (unpaired) electrons. The lowest BCUT2D eigenvalue weighted by molar-refractivity contribution is 0.0224. The van der Waals surface area contributed by atoms with Crippen LogP contribution < -0.4 is 10.6 Å². The first-order chi connectivity index (χ1) is 16.1. The van der Waals surface area contributed by atoms with Gasteiger partial charge in [-0.2, -0.15) is 11.8 Å². The van der Waals surface area contributed by atoms with Crippen LogP contribution in [0.4, 0.5) is 5.82 Å². The molecule has 2 saturated heterocycles. The lowest BCUT2D eigenvalue weighted by Crippen LogP contribution is -2.44. The van der Waals surface area contributed by atoms with Crippen molar-refractivity contribution in [1.29, 1.82) is 0 Å². The van der Waals surface area contributed by atoms with E-state index in [-0.39, 0.29) is 17.0 Å². The molecule has 176 valence electrons.